The number of pyridine rings is 2. The van der Waals surface area contributed by atoms with Gasteiger partial charge in [0, 0.05) is 37.0 Å². The van der Waals surface area contributed by atoms with Gasteiger partial charge >= 0.3 is 6.09 Å². The van der Waals surface area contributed by atoms with E-state index in [1.807, 2.05) is 0 Å². The molecule has 0 radical (unpaired) electrons. The van der Waals surface area contributed by atoms with Crippen molar-refractivity contribution in [2.75, 3.05) is 50.2 Å². The van der Waals surface area contributed by atoms with Crippen LogP contribution in [-0.4, -0.2) is 81.2 Å². The number of carbonyl (C=O) groups excluding carboxylic acids is 2. The maximum Gasteiger partial charge on any atom is 0.414 e. The van der Waals surface area contributed by atoms with Crippen molar-refractivity contribution >= 4 is 42.7 Å². The van der Waals surface area contributed by atoms with Crippen LogP contribution in [0.1, 0.15) is 45.6 Å². The predicted molar refractivity (Wildman–Crippen MR) is 177 cm³/mol. The molecule has 13 heteroatoms. The van der Waals surface area contributed by atoms with Crippen molar-refractivity contribution in [1.82, 2.24) is 14.9 Å². The molecule has 2 aliphatic heterocycles. The summed E-state index contributed by atoms with van der Waals surface area (Å²) in [5, 5.41) is 2.89. The van der Waals surface area contributed by atoms with Crippen molar-refractivity contribution < 1.29 is 32.6 Å². The SMILES string of the molecule is COc1ccc2ncc(F)c(CN(CCCO[Si](C)(C)C(C)(C)C)CCCC3CN(c4ccc5c(c4)NC(=O)CO5)C(=O)O3)c2n1. The number of hydrogen-bond donors (Lipinski definition) is 1. The van der Waals surface area contributed by atoms with E-state index < -0.39 is 20.2 Å². The fraction of sp³-hybridized carbons (Fsp3) is 0.515. The van der Waals surface area contributed by atoms with Gasteiger partial charge in [0.15, 0.2) is 14.9 Å². The van der Waals surface area contributed by atoms with Gasteiger partial charge in [-0.05, 0) is 68.2 Å². The highest BCUT2D eigenvalue weighted by atomic mass is 28.4. The fourth-order valence-corrected chi connectivity index (χ4v) is 6.42. The Bertz CT molecular complexity index is 1580. The molecule has 0 bridgehead atoms. The lowest BCUT2D eigenvalue weighted by Gasteiger charge is -2.36. The maximum absolute atomic E-state index is 15.3. The van der Waals surface area contributed by atoms with E-state index in [0.717, 1.165) is 12.8 Å². The summed E-state index contributed by atoms with van der Waals surface area (Å²) in [4.78, 5) is 37.1. The number of rotatable bonds is 13. The molecule has 4 heterocycles. The Morgan fingerprint density at radius 3 is 2.70 bits per heavy atom. The highest BCUT2D eigenvalue weighted by Crippen LogP contribution is 2.37. The number of ether oxygens (including phenoxy) is 3. The highest BCUT2D eigenvalue weighted by Gasteiger charge is 2.37. The van der Waals surface area contributed by atoms with Crippen LogP contribution in [0, 0.1) is 5.82 Å². The molecule has 1 fully saturated rings. The van der Waals surface area contributed by atoms with E-state index in [4.69, 9.17) is 18.6 Å². The lowest BCUT2D eigenvalue weighted by atomic mass is 10.1. The number of amides is 2. The summed E-state index contributed by atoms with van der Waals surface area (Å²) in [7, 11) is -0.362. The van der Waals surface area contributed by atoms with E-state index in [2.05, 4.69) is 54.0 Å². The number of nitrogens with one attached hydrogen (secondary N) is 1. The molecule has 11 nitrogen and oxygen atoms in total. The van der Waals surface area contributed by atoms with Gasteiger partial charge in [0.25, 0.3) is 5.91 Å². The largest absolute Gasteiger partial charge is 0.482 e. The van der Waals surface area contributed by atoms with Crippen LogP contribution in [-0.2, 0) is 20.5 Å². The molecule has 1 unspecified atom stereocenters. The van der Waals surface area contributed by atoms with Crippen molar-refractivity contribution in [3.63, 3.8) is 0 Å². The number of fused-ring (bicyclic) bond motifs is 2. The first-order valence-electron chi connectivity index (χ1n) is 15.7. The molecular formula is C33H44FN5O6Si. The molecule has 5 rings (SSSR count). The van der Waals surface area contributed by atoms with E-state index in [0.29, 0.717) is 78.8 Å². The van der Waals surface area contributed by atoms with E-state index in [1.165, 1.54) is 13.3 Å². The third kappa shape index (κ3) is 7.76. The third-order valence-electron chi connectivity index (χ3n) is 9.00. The number of anilines is 2. The van der Waals surface area contributed by atoms with Gasteiger partial charge in [-0.2, -0.15) is 0 Å². The Morgan fingerprint density at radius 2 is 1.93 bits per heavy atom. The average molecular weight is 654 g/mol. The van der Waals surface area contributed by atoms with Gasteiger partial charge in [0.05, 0.1) is 31.1 Å². The third-order valence-corrected chi connectivity index (χ3v) is 13.5. The second kappa shape index (κ2) is 13.9. The molecular weight excluding hydrogens is 609 g/mol. The van der Waals surface area contributed by atoms with Crippen molar-refractivity contribution in [2.24, 2.45) is 0 Å². The Morgan fingerprint density at radius 1 is 1.15 bits per heavy atom. The molecule has 1 atom stereocenters. The van der Waals surface area contributed by atoms with Gasteiger partial charge < -0.3 is 24.0 Å². The summed E-state index contributed by atoms with van der Waals surface area (Å²) < 4.78 is 38.1. The molecule has 2 aliphatic rings. The Hall–Kier alpha value is -3.81. The lowest BCUT2D eigenvalue weighted by molar-refractivity contribution is -0.118. The smallest absolute Gasteiger partial charge is 0.414 e. The topological polar surface area (TPSA) is 115 Å². The second-order valence-electron chi connectivity index (χ2n) is 13.3. The van der Waals surface area contributed by atoms with Crippen LogP contribution >= 0.6 is 0 Å². The maximum atomic E-state index is 15.3. The number of halogens is 1. The summed E-state index contributed by atoms with van der Waals surface area (Å²) in [5.74, 6) is 0.311. The molecule has 0 aliphatic carbocycles. The predicted octanol–water partition coefficient (Wildman–Crippen LogP) is 6.13. The number of aromatic nitrogens is 2. The Kier molecular flexibility index (Phi) is 10.1. The molecule has 0 spiro atoms. The van der Waals surface area contributed by atoms with Crippen molar-refractivity contribution in [3.8, 4) is 11.6 Å². The summed E-state index contributed by atoms with van der Waals surface area (Å²) in [6, 6.07) is 8.74. The minimum absolute atomic E-state index is 0.0322. The fourth-order valence-electron chi connectivity index (χ4n) is 5.33. The van der Waals surface area contributed by atoms with Crippen molar-refractivity contribution in [3.05, 3.63) is 47.9 Å². The van der Waals surface area contributed by atoms with Crippen molar-refractivity contribution in [2.45, 2.75) is 70.8 Å². The summed E-state index contributed by atoms with van der Waals surface area (Å²) >= 11 is 0. The minimum Gasteiger partial charge on any atom is -0.482 e. The molecule has 1 aromatic carbocycles. The van der Waals surface area contributed by atoms with Crippen LogP contribution in [0.3, 0.4) is 0 Å². The van der Waals surface area contributed by atoms with Crippen LogP contribution in [0.5, 0.6) is 11.6 Å². The summed E-state index contributed by atoms with van der Waals surface area (Å²) in [6.45, 7) is 13.8. The summed E-state index contributed by atoms with van der Waals surface area (Å²) in [5.41, 5.74) is 2.71. The lowest BCUT2D eigenvalue weighted by Crippen LogP contribution is -2.41. The number of nitrogens with zero attached hydrogens (tertiary/aromatic N) is 4. The van der Waals surface area contributed by atoms with Gasteiger partial charge in [0.1, 0.15) is 23.2 Å². The number of cyclic esters (lactones) is 1. The quantitative estimate of drug-likeness (QED) is 0.172. The molecule has 2 aromatic heterocycles. The van der Waals surface area contributed by atoms with Crippen LogP contribution < -0.4 is 19.7 Å². The first-order chi connectivity index (χ1) is 21.8. The van der Waals surface area contributed by atoms with E-state index in [-0.39, 0.29) is 23.7 Å². The number of carbonyl (C=O) groups is 2. The van der Waals surface area contributed by atoms with Crippen LogP contribution in [0.25, 0.3) is 11.0 Å². The average Bonchev–Trinajstić information content (AvgIpc) is 3.39. The van der Waals surface area contributed by atoms with Crippen LogP contribution in [0.15, 0.2) is 36.5 Å². The minimum atomic E-state index is -1.89. The van der Waals surface area contributed by atoms with Crippen molar-refractivity contribution in [1.29, 1.82) is 0 Å². The zero-order chi connectivity index (χ0) is 33.1. The zero-order valence-electron chi connectivity index (χ0n) is 27.5. The molecule has 1 saturated heterocycles. The Labute approximate surface area is 270 Å². The summed E-state index contributed by atoms with van der Waals surface area (Å²) in [6.07, 6.45) is 2.66. The Balaban J connectivity index is 1.24. The normalized spacial score (nSPS) is 16.8. The van der Waals surface area contributed by atoms with E-state index >= 15 is 4.39 Å². The van der Waals surface area contributed by atoms with Crippen LogP contribution in [0.2, 0.25) is 18.1 Å². The monoisotopic (exact) mass is 653 g/mol. The van der Waals surface area contributed by atoms with Gasteiger partial charge in [-0.3, -0.25) is 19.6 Å². The molecule has 46 heavy (non-hydrogen) atoms. The number of benzene rings is 1. The molecule has 3 aromatic rings. The number of hydrogen-bond acceptors (Lipinski definition) is 9. The molecule has 248 valence electrons. The molecule has 0 saturated carbocycles. The molecule has 1 N–H and O–H groups in total. The standard InChI is InChI=1S/C33H44FN5O6Si/c1-33(2,3)46(5,6)44-16-8-15-38(20-24-25(34)18-35-26-11-13-30(42-4)37-31(24)26)14-7-9-23-19-39(32(41)45-23)22-10-12-28-27(17-22)36-29(40)21-43-28/h10-13,17-18,23H,7-9,14-16,19-21H2,1-6H3,(H,36,40). The van der Waals surface area contributed by atoms with Gasteiger partial charge in [-0.1, -0.05) is 20.8 Å². The highest BCUT2D eigenvalue weighted by molar-refractivity contribution is 6.74. The van der Waals surface area contributed by atoms with Crippen LogP contribution in [0.4, 0.5) is 20.6 Å². The van der Waals surface area contributed by atoms with E-state index in [1.54, 1.807) is 35.2 Å². The first kappa shape index (κ1) is 33.5. The van der Waals surface area contributed by atoms with Gasteiger partial charge in [-0.25, -0.2) is 14.2 Å². The number of methoxy groups -OCH3 is 1. The van der Waals surface area contributed by atoms with Gasteiger partial charge in [0.2, 0.25) is 5.88 Å². The molecule has 2 amide bonds. The van der Waals surface area contributed by atoms with Gasteiger partial charge in [-0.15, -0.1) is 0 Å². The zero-order valence-corrected chi connectivity index (χ0v) is 28.5. The second-order valence-corrected chi connectivity index (χ2v) is 18.1. The van der Waals surface area contributed by atoms with E-state index in [9.17, 15) is 9.59 Å². The first-order valence-corrected chi connectivity index (χ1v) is 18.6.